The van der Waals surface area contributed by atoms with Crippen molar-refractivity contribution in [2.24, 2.45) is 0 Å². The van der Waals surface area contributed by atoms with Crippen molar-refractivity contribution in [2.45, 2.75) is 53.1 Å². The molecule has 0 unspecified atom stereocenters. The van der Waals surface area contributed by atoms with Gasteiger partial charge >= 0.3 is 0 Å². The Morgan fingerprint density at radius 2 is 1.75 bits per heavy atom. The maximum absolute atomic E-state index is 9.84. The Balaban J connectivity index is 2.14. The number of para-hydroxylation sites is 1. The first kappa shape index (κ1) is 20.2. The number of hydrazine groups is 2. The Morgan fingerprint density at radius 1 is 1.07 bits per heavy atom. The number of anilines is 5. The van der Waals surface area contributed by atoms with E-state index in [2.05, 4.69) is 50.5 Å². The molecular formula is C20H31N7O. The van der Waals surface area contributed by atoms with Gasteiger partial charge in [-0.05, 0) is 46.2 Å². The van der Waals surface area contributed by atoms with E-state index in [1.807, 2.05) is 35.3 Å². The molecule has 3 rings (SSSR count). The first-order valence-corrected chi connectivity index (χ1v) is 9.90. The zero-order valence-electron chi connectivity index (χ0n) is 17.3. The summed E-state index contributed by atoms with van der Waals surface area (Å²) in [6.07, 6.45) is 0.896. The molecule has 2 aromatic rings. The summed E-state index contributed by atoms with van der Waals surface area (Å²) in [6.45, 7) is 11.1. The molecule has 0 spiro atoms. The molecule has 0 aliphatic carbocycles. The number of aliphatic hydroxyl groups excluding tert-OH is 1. The number of nitrogens with zero attached hydrogens (tertiary/aromatic N) is 5. The van der Waals surface area contributed by atoms with Crippen molar-refractivity contribution in [3.05, 3.63) is 30.3 Å². The van der Waals surface area contributed by atoms with Crippen LogP contribution in [0.5, 0.6) is 0 Å². The van der Waals surface area contributed by atoms with E-state index >= 15 is 0 Å². The molecule has 0 radical (unpaired) electrons. The lowest BCUT2D eigenvalue weighted by Gasteiger charge is -2.27. The van der Waals surface area contributed by atoms with Crippen molar-refractivity contribution in [1.29, 1.82) is 0 Å². The average molecular weight is 386 g/mol. The zero-order valence-corrected chi connectivity index (χ0v) is 17.3. The van der Waals surface area contributed by atoms with E-state index in [1.165, 1.54) is 0 Å². The molecule has 1 aromatic carbocycles. The summed E-state index contributed by atoms with van der Waals surface area (Å²) in [5, 5.41) is 17.4. The van der Waals surface area contributed by atoms with Crippen LogP contribution >= 0.6 is 0 Å². The Hall–Kier alpha value is -2.58. The Labute approximate surface area is 167 Å². The van der Waals surface area contributed by atoms with Crippen molar-refractivity contribution < 1.29 is 5.11 Å². The smallest absolute Gasteiger partial charge is 0.231 e. The van der Waals surface area contributed by atoms with Gasteiger partial charge in [0.05, 0.1) is 0 Å². The highest BCUT2D eigenvalue weighted by Gasteiger charge is 2.35. The van der Waals surface area contributed by atoms with Crippen LogP contribution < -0.4 is 25.8 Å². The van der Waals surface area contributed by atoms with E-state index in [-0.39, 0.29) is 18.8 Å². The van der Waals surface area contributed by atoms with Gasteiger partial charge in [0.2, 0.25) is 5.95 Å². The van der Waals surface area contributed by atoms with Gasteiger partial charge in [0.15, 0.2) is 11.6 Å². The fourth-order valence-electron chi connectivity index (χ4n) is 3.16. The molecule has 1 aliphatic rings. The normalized spacial score (nSPS) is 13.4. The molecular weight excluding hydrogens is 354 g/mol. The van der Waals surface area contributed by atoms with E-state index in [9.17, 15) is 5.11 Å². The summed E-state index contributed by atoms with van der Waals surface area (Å²) >= 11 is 0. The van der Waals surface area contributed by atoms with Crippen LogP contribution in [0.15, 0.2) is 30.3 Å². The highest BCUT2D eigenvalue weighted by molar-refractivity contribution is 5.85. The molecule has 1 aromatic heterocycles. The fourth-order valence-corrected chi connectivity index (χ4v) is 3.16. The molecule has 0 atom stereocenters. The molecule has 0 amide bonds. The minimum absolute atomic E-state index is 0.125. The lowest BCUT2D eigenvalue weighted by molar-refractivity contribution is 0.288. The SMILES string of the molecule is CCCN(CO)c1nc(Nc2ccccc2)c2c(n1)N(C(C)C)NN2C(C)C. The fraction of sp³-hybridized carbons (Fsp3) is 0.500. The van der Waals surface area contributed by atoms with Crippen molar-refractivity contribution in [3.63, 3.8) is 0 Å². The van der Waals surface area contributed by atoms with Gasteiger partial charge in [0.1, 0.15) is 12.4 Å². The molecule has 0 bridgehead atoms. The molecule has 152 valence electrons. The maximum atomic E-state index is 9.84. The molecule has 8 heteroatoms. The number of fused-ring (bicyclic) bond motifs is 1. The summed E-state index contributed by atoms with van der Waals surface area (Å²) in [4.78, 5) is 11.4. The largest absolute Gasteiger partial charge is 0.376 e. The number of hydrogen-bond donors (Lipinski definition) is 3. The van der Waals surface area contributed by atoms with Crippen molar-refractivity contribution >= 4 is 29.0 Å². The van der Waals surface area contributed by atoms with Crippen molar-refractivity contribution in [3.8, 4) is 0 Å². The summed E-state index contributed by atoms with van der Waals surface area (Å²) in [5.74, 6) is 2.03. The Bertz CT molecular complexity index is 782. The van der Waals surface area contributed by atoms with Crippen LogP contribution in [0, 0.1) is 0 Å². The average Bonchev–Trinajstić information content (AvgIpc) is 3.07. The third kappa shape index (κ3) is 3.98. The third-order valence-electron chi connectivity index (χ3n) is 4.55. The highest BCUT2D eigenvalue weighted by atomic mass is 16.3. The van der Waals surface area contributed by atoms with Crippen LogP contribution in [0.2, 0.25) is 0 Å². The molecule has 3 N–H and O–H groups in total. The van der Waals surface area contributed by atoms with E-state index in [0.717, 1.165) is 23.6 Å². The first-order chi connectivity index (χ1) is 13.5. The van der Waals surface area contributed by atoms with Gasteiger partial charge in [-0.3, -0.25) is 10.0 Å². The molecule has 8 nitrogen and oxygen atoms in total. The van der Waals surface area contributed by atoms with Crippen molar-refractivity contribution in [1.82, 2.24) is 15.5 Å². The van der Waals surface area contributed by atoms with Crippen LogP contribution in [0.3, 0.4) is 0 Å². The van der Waals surface area contributed by atoms with Gasteiger partial charge in [0.25, 0.3) is 0 Å². The Kier molecular flexibility index (Phi) is 6.21. The number of aromatic nitrogens is 2. The predicted molar refractivity (Wildman–Crippen MR) is 115 cm³/mol. The second-order valence-electron chi connectivity index (χ2n) is 7.47. The van der Waals surface area contributed by atoms with Crippen LogP contribution in [0.25, 0.3) is 0 Å². The third-order valence-corrected chi connectivity index (χ3v) is 4.55. The number of benzene rings is 1. The van der Waals surface area contributed by atoms with Crippen LogP contribution in [-0.2, 0) is 0 Å². The minimum atomic E-state index is -0.125. The summed E-state index contributed by atoms with van der Waals surface area (Å²) in [6, 6.07) is 10.4. The van der Waals surface area contributed by atoms with Gasteiger partial charge in [0, 0.05) is 24.3 Å². The molecule has 0 fully saturated rings. The van der Waals surface area contributed by atoms with Gasteiger partial charge in [-0.1, -0.05) is 25.1 Å². The van der Waals surface area contributed by atoms with E-state index in [4.69, 9.17) is 9.97 Å². The zero-order chi connectivity index (χ0) is 20.3. The molecule has 1 aliphatic heterocycles. The van der Waals surface area contributed by atoms with E-state index in [1.54, 1.807) is 4.90 Å². The molecule has 0 saturated heterocycles. The summed E-state index contributed by atoms with van der Waals surface area (Å²) in [5.41, 5.74) is 5.30. The quantitative estimate of drug-likeness (QED) is 0.598. The van der Waals surface area contributed by atoms with Crippen molar-refractivity contribution in [2.75, 3.05) is 33.5 Å². The number of rotatable bonds is 8. The van der Waals surface area contributed by atoms with Crippen LogP contribution in [0.4, 0.5) is 29.0 Å². The second-order valence-corrected chi connectivity index (χ2v) is 7.47. The summed E-state index contributed by atoms with van der Waals surface area (Å²) in [7, 11) is 0. The highest BCUT2D eigenvalue weighted by Crippen LogP contribution is 2.41. The number of nitrogens with one attached hydrogen (secondary N) is 2. The predicted octanol–water partition coefficient (Wildman–Crippen LogP) is 3.25. The number of aliphatic hydroxyl groups is 1. The lowest BCUT2D eigenvalue weighted by atomic mass is 10.2. The molecule has 2 heterocycles. The first-order valence-electron chi connectivity index (χ1n) is 9.90. The Morgan fingerprint density at radius 3 is 2.32 bits per heavy atom. The van der Waals surface area contributed by atoms with Crippen LogP contribution in [-0.4, -0.2) is 40.4 Å². The monoisotopic (exact) mass is 385 g/mol. The van der Waals surface area contributed by atoms with Gasteiger partial charge < -0.3 is 15.3 Å². The van der Waals surface area contributed by atoms with Crippen LogP contribution in [0.1, 0.15) is 41.0 Å². The molecule has 0 saturated carbocycles. The van der Waals surface area contributed by atoms with E-state index < -0.39 is 0 Å². The topological polar surface area (TPSA) is 79.8 Å². The number of hydrogen-bond acceptors (Lipinski definition) is 8. The standard InChI is InChI=1S/C20H31N7O/c1-6-12-25(13-28)20-22-18(21-16-10-8-7-9-11-16)17-19(23-20)27(15(4)5)24-26(17)14(2)3/h7-11,14-15,24,28H,6,12-13H2,1-5H3,(H,21,22,23). The van der Waals surface area contributed by atoms with Gasteiger partial charge in [-0.15, -0.1) is 5.53 Å². The summed E-state index contributed by atoms with van der Waals surface area (Å²) < 4.78 is 0. The lowest BCUT2D eigenvalue weighted by Crippen LogP contribution is -2.50. The van der Waals surface area contributed by atoms with E-state index in [0.29, 0.717) is 18.3 Å². The van der Waals surface area contributed by atoms with Gasteiger partial charge in [-0.25, -0.2) is 0 Å². The maximum Gasteiger partial charge on any atom is 0.231 e. The second kappa shape index (κ2) is 8.62. The molecule has 28 heavy (non-hydrogen) atoms. The minimum Gasteiger partial charge on any atom is -0.376 e. The van der Waals surface area contributed by atoms with Gasteiger partial charge in [-0.2, -0.15) is 9.97 Å².